The molecular formula is C21H24N2O. The molecule has 1 amide bonds. The normalized spacial score (nSPS) is 18.1. The Labute approximate surface area is 144 Å². The minimum Gasteiger partial charge on any atom is -0.352 e. The van der Waals surface area contributed by atoms with Crippen molar-refractivity contribution in [3.63, 3.8) is 0 Å². The van der Waals surface area contributed by atoms with Crippen LogP contribution in [0.25, 0.3) is 6.08 Å². The number of hydrogen-bond donors (Lipinski definition) is 1. The quantitative estimate of drug-likeness (QED) is 0.884. The van der Waals surface area contributed by atoms with Crippen LogP contribution in [-0.2, 0) is 11.3 Å². The van der Waals surface area contributed by atoms with E-state index in [9.17, 15) is 4.79 Å². The summed E-state index contributed by atoms with van der Waals surface area (Å²) in [7, 11) is 0. The van der Waals surface area contributed by atoms with Crippen molar-refractivity contribution in [3.05, 3.63) is 77.9 Å². The lowest BCUT2D eigenvalue weighted by Crippen LogP contribution is -2.36. The van der Waals surface area contributed by atoms with Gasteiger partial charge in [0.25, 0.3) is 0 Å². The van der Waals surface area contributed by atoms with Gasteiger partial charge in [-0.2, -0.15) is 0 Å². The predicted molar refractivity (Wildman–Crippen MR) is 98.4 cm³/mol. The predicted octanol–water partition coefficient (Wildman–Crippen LogP) is 3.48. The summed E-state index contributed by atoms with van der Waals surface area (Å²) in [4.78, 5) is 14.5. The molecule has 0 spiro atoms. The fourth-order valence-electron chi connectivity index (χ4n) is 3.09. The van der Waals surface area contributed by atoms with E-state index in [4.69, 9.17) is 0 Å². The first kappa shape index (κ1) is 16.5. The second kappa shape index (κ2) is 8.46. The Bertz CT molecular complexity index is 667. The highest BCUT2D eigenvalue weighted by Gasteiger charge is 2.23. The Balaban J connectivity index is 1.40. The van der Waals surface area contributed by atoms with Crippen molar-refractivity contribution in [1.82, 2.24) is 10.2 Å². The standard InChI is InChI=1S/C21H24N2O/c24-21(13-7-12-18-8-3-1-4-9-18)22-20-14-15-23(17-20)16-19-10-5-2-6-11-19/h1-12,20H,13-17H2,(H,22,24)/b12-7+/t20-/m0/s1. The van der Waals surface area contributed by atoms with Crippen LogP contribution in [-0.4, -0.2) is 29.9 Å². The molecule has 1 aliphatic rings. The summed E-state index contributed by atoms with van der Waals surface area (Å²) >= 11 is 0. The maximum absolute atomic E-state index is 12.1. The molecule has 3 rings (SSSR count). The van der Waals surface area contributed by atoms with Gasteiger partial charge in [-0.25, -0.2) is 0 Å². The van der Waals surface area contributed by atoms with Gasteiger partial charge in [0.2, 0.25) is 5.91 Å². The Morgan fingerprint density at radius 3 is 2.54 bits per heavy atom. The average molecular weight is 320 g/mol. The molecule has 1 N–H and O–H groups in total. The zero-order valence-electron chi connectivity index (χ0n) is 13.9. The summed E-state index contributed by atoms with van der Waals surface area (Å²) in [6.45, 7) is 2.93. The van der Waals surface area contributed by atoms with Gasteiger partial charge in [-0.15, -0.1) is 0 Å². The Morgan fingerprint density at radius 2 is 1.79 bits per heavy atom. The molecule has 3 nitrogen and oxygen atoms in total. The van der Waals surface area contributed by atoms with Gasteiger partial charge in [0.15, 0.2) is 0 Å². The highest BCUT2D eigenvalue weighted by molar-refractivity contribution is 5.78. The topological polar surface area (TPSA) is 32.3 Å². The van der Waals surface area contributed by atoms with Gasteiger partial charge in [0.05, 0.1) is 0 Å². The molecule has 0 radical (unpaired) electrons. The number of carbonyl (C=O) groups is 1. The molecule has 0 aromatic heterocycles. The summed E-state index contributed by atoms with van der Waals surface area (Å²) < 4.78 is 0. The number of amides is 1. The fraction of sp³-hybridized carbons (Fsp3) is 0.286. The smallest absolute Gasteiger partial charge is 0.224 e. The summed E-state index contributed by atoms with van der Waals surface area (Å²) in [6.07, 6.45) is 5.39. The van der Waals surface area contributed by atoms with Crippen LogP contribution in [0.2, 0.25) is 0 Å². The van der Waals surface area contributed by atoms with E-state index >= 15 is 0 Å². The van der Waals surface area contributed by atoms with Crippen molar-refractivity contribution in [3.8, 4) is 0 Å². The molecule has 2 aromatic carbocycles. The van der Waals surface area contributed by atoms with Gasteiger partial charge in [0.1, 0.15) is 0 Å². The van der Waals surface area contributed by atoms with Crippen molar-refractivity contribution in [2.24, 2.45) is 0 Å². The molecule has 24 heavy (non-hydrogen) atoms. The summed E-state index contributed by atoms with van der Waals surface area (Å²) in [5.41, 5.74) is 2.45. The van der Waals surface area contributed by atoms with Gasteiger partial charge in [-0.1, -0.05) is 72.8 Å². The third-order valence-electron chi connectivity index (χ3n) is 4.30. The van der Waals surface area contributed by atoms with Crippen molar-refractivity contribution in [2.75, 3.05) is 13.1 Å². The number of benzene rings is 2. The average Bonchev–Trinajstić information content (AvgIpc) is 3.03. The van der Waals surface area contributed by atoms with Crippen molar-refractivity contribution >= 4 is 12.0 Å². The number of nitrogens with zero attached hydrogens (tertiary/aromatic N) is 1. The lowest BCUT2D eigenvalue weighted by molar-refractivity contribution is -0.120. The van der Waals surface area contributed by atoms with Crippen LogP contribution in [0, 0.1) is 0 Å². The van der Waals surface area contributed by atoms with E-state index < -0.39 is 0 Å². The van der Waals surface area contributed by atoms with Crippen molar-refractivity contribution < 1.29 is 4.79 Å². The molecular weight excluding hydrogens is 296 g/mol. The van der Waals surface area contributed by atoms with Crippen LogP contribution >= 0.6 is 0 Å². The lowest BCUT2D eigenvalue weighted by Gasteiger charge is -2.16. The van der Waals surface area contributed by atoms with E-state index in [1.54, 1.807) is 0 Å². The minimum absolute atomic E-state index is 0.105. The first-order chi connectivity index (χ1) is 11.8. The number of nitrogens with one attached hydrogen (secondary N) is 1. The largest absolute Gasteiger partial charge is 0.352 e. The molecule has 0 aliphatic carbocycles. The van der Waals surface area contributed by atoms with Crippen molar-refractivity contribution in [2.45, 2.75) is 25.4 Å². The Kier molecular flexibility index (Phi) is 5.80. The molecule has 1 fully saturated rings. The van der Waals surface area contributed by atoms with Crippen LogP contribution in [0.5, 0.6) is 0 Å². The lowest BCUT2D eigenvalue weighted by atomic mass is 10.2. The highest BCUT2D eigenvalue weighted by Crippen LogP contribution is 2.13. The molecule has 124 valence electrons. The van der Waals surface area contributed by atoms with E-state index in [1.807, 2.05) is 48.6 Å². The monoisotopic (exact) mass is 320 g/mol. The minimum atomic E-state index is 0.105. The van der Waals surface area contributed by atoms with E-state index in [-0.39, 0.29) is 11.9 Å². The molecule has 0 unspecified atom stereocenters. The third kappa shape index (κ3) is 5.07. The van der Waals surface area contributed by atoms with E-state index in [1.165, 1.54) is 5.56 Å². The van der Waals surface area contributed by atoms with Gasteiger partial charge < -0.3 is 5.32 Å². The SMILES string of the molecule is O=C(C/C=C/c1ccccc1)N[C@H]1CCN(Cc2ccccc2)C1. The molecule has 1 atom stereocenters. The number of rotatable bonds is 6. The number of carbonyl (C=O) groups excluding carboxylic acids is 1. The summed E-state index contributed by atoms with van der Waals surface area (Å²) in [5, 5.41) is 3.15. The first-order valence-electron chi connectivity index (χ1n) is 8.57. The van der Waals surface area contributed by atoms with Crippen LogP contribution < -0.4 is 5.32 Å². The summed E-state index contributed by atoms with van der Waals surface area (Å²) in [6, 6.07) is 20.8. The van der Waals surface area contributed by atoms with Crippen LogP contribution in [0.15, 0.2) is 66.7 Å². The second-order valence-electron chi connectivity index (χ2n) is 6.29. The third-order valence-corrected chi connectivity index (χ3v) is 4.30. The second-order valence-corrected chi connectivity index (χ2v) is 6.29. The first-order valence-corrected chi connectivity index (χ1v) is 8.57. The van der Waals surface area contributed by atoms with Crippen LogP contribution in [0.3, 0.4) is 0 Å². The van der Waals surface area contributed by atoms with Gasteiger partial charge in [0, 0.05) is 32.1 Å². The molecule has 0 bridgehead atoms. The Morgan fingerprint density at radius 1 is 1.08 bits per heavy atom. The molecule has 0 saturated carbocycles. The van der Waals surface area contributed by atoms with Crippen LogP contribution in [0.1, 0.15) is 24.0 Å². The highest BCUT2D eigenvalue weighted by atomic mass is 16.1. The Hall–Kier alpha value is -2.39. The number of likely N-dealkylation sites (tertiary alicyclic amines) is 1. The maximum Gasteiger partial charge on any atom is 0.224 e. The van der Waals surface area contributed by atoms with E-state index in [2.05, 4.69) is 34.5 Å². The number of hydrogen-bond acceptors (Lipinski definition) is 2. The fourth-order valence-corrected chi connectivity index (χ4v) is 3.09. The summed E-state index contributed by atoms with van der Waals surface area (Å²) in [5.74, 6) is 0.105. The molecule has 2 aromatic rings. The zero-order chi connectivity index (χ0) is 16.6. The molecule has 1 aliphatic heterocycles. The van der Waals surface area contributed by atoms with Gasteiger partial charge in [-0.3, -0.25) is 9.69 Å². The van der Waals surface area contributed by atoms with Crippen LogP contribution in [0.4, 0.5) is 0 Å². The zero-order valence-corrected chi connectivity index (χ0v) is 13.9. The van der Waals surface area contributed by atoms with Gasteiger partial charge >= 0.3 is 0 Å². The molecule has 1 saturated heterocycles. The van der Waals surface area contributed by atoms with E-state index in [0.29, 0.717) is 6.42 Å². The van der Waals surface area contributed by atoms with Gasteiger partial charge in [-0.05, 0) is 17.5 Å². The van der Waals surface area contributed by atoms with E-state index in [0.717, 1.165) is 31.6 Å². The maximum atomic E-state index is 12.1. The molecule has 1 heterocycles. The molecule has 3 heteroatoms. The van der Waals surface area contributed by atoms with Crippen molar-refractivity contribution in [1.29, 1.82) is 0 Å².